The maximum atomic E-state index is 13.4. The molecule has 3 aromatic carbocycles. The number of nitrogens with one attached hydrogen (secondary N) is 2. The van der Waals surface area contributed by atoms with Gasteiger partial charge >= 0.3 is 6.03 Å². The Bertz CT molecular complexity index is 1440. The van der Waals surface area contributed by atoms with Gasteiger partial charge in [-0.2, -0.15) is 0 Å². The van der Waals surface area contributed by atoms with Crippen LogP contribution in [-0.4, -0.2) is 33.9 Å². The molecule has 180 valence electrons. The van der Waals surface area contributed by atoms with Crippen LogP contribution < -0.4 is 26.7 Å². The molecule has 2 amide bonds. The molecule has 35 heavy (non-hydrogen) atoms. The zero-order valence-electron chi connectivity index (χ0n) is 18.9. The molecule has 0 aliphatic carbocycles. The predicted molar refractivity (Wildman–Crippen MR) is 137 cm³/mol. The third kappa shape index (κ3) is 5.27. The van der Waals surface area contributed by atoms with E-state index in [4.69, 9.17) is 27.2 Å². The fraction of sp³-hybridized carbons (Fsp3) is 0.160. The minimum Gasteiger partial charge on any atom is -0.489 e. The van der Waals surface area contributed by atoms with Gasteiger partial charge in [0.1, 0.15) is 18.2 Å². The highest BCUT2D eigenvalue weighted by atomic mass is 35.5. The maximum absolute atomic E-state index is 13.4. The second-order valence-electron chi connectivity index (χ2n) is 7.73. The number of anilines is 2. The van der Waals surface area contributed by atoms with Crippen LogP contribution in [0.1, 0.15) is 18.8 Å². The van der Waals surface area contributed by atoms with Gasteiger partial charge < -0.3 is 26.2 Å². The summed E-state index contributed by atoms with van der Waals surface area (Å²) in [7, 11) is 0. The molecule has 0 saturated carbocycles. The van der Waals surface area contributed by atoms with E-state index in [9.17, 15) is 9.59 Å². The van der Waals surface area contributed by atoms with E-state index < -0.39 is 12.1 Å². The Hall–Kier alpha value is -3.92. The molecule has 0 saturated heterocycles. The fourth-order valence-corrected chi connectivity index (χ4v) is 3.87. The summed E-state index contributed by atoms with van der Waals surface area (Å²) >= 11 is 6.30. The van der Waals surface area contributed by atoms with Crippen LogP contribution in [0.4, 0.5) is 16.2 Å². The van der Waals surface area contributed by atoms with Gasteiger partial charge in [-0.05, 0) is 49.4 Å². The maximum Gasteiger partial charge on any atom is 0.323 e. The number of aliphatic hydroxyl groups is 1. The molecule has 0 spiro atoms. The monoisotopic (exact) mass is 493 g/mol. The number of hydrogen-bond donors (Lipinski definition) is 4. The average molecular weight is 494 g/mol. The number of aliphatic hydroxyl groups excluding tert-OH is 1. The average Bonchev–Trinajstić information content (AvgIpc) is 2.83. The number of ether oxygens (including phenoxy) is 1. The first-order chi connectivity index (χ1) is 16.9. The molecular weight excluding hydrogens is 470 g/mol. The van der Waals surface area contributed by atoms with Crippen LogP contribution in [0.3, 0.4) is 0 Å². The lowest BCUT2D eigenvalue weighted by Crippen LogP contribution is -2.28. The number of carbonyl (C=O) groups is 1. The molecule has 1 atom stereocenters. The van der Waals surface area contributed by atoms with Crippen LogP contribution in [0.2, 0.25) is 5.02 Å². The molecule has 0 bridgehead atoms. The first-order valence-corrected chi connectivity index (χ1v) is 11.2. The number of urea groups is 1. The number of carbonyl (C=O) groups excluding carboxylic acids is 1. The molecule has 10 heteroatoms. The van der Waals surface area contributed by atoms with Crippen molar-refractivity contribution in [3.8, 4) is 11.4 Å². The van der Waals surface area contributed by atoms with Gasteiger partial charge in [0.2, 0.25) is 0 Å². The zero-order chi connectivity index (χ0) is 24.9. The standard InChI is InChI=1S/C25H24ClN5O4/c1-15(27)23-29-20-10-5-8-18(26)22(20)24(33)31(23)17-7-4-6-16(14-17)28-25(34)30-19-9-2-3-11-21(19)35-13-12-32/h2-11,14-15,32H,12-13,27H2,1H3,(H2,28,30,34). The van der Waals surface area contributed by atoms with Crippen molar-refractivity contribution in [2.75, 3.05) is 23.8 Å². The molecule has 5 N–H and O–H groups in total. The number of amides is 2. The third-order valence-electron chi connectivity index (χ3n) is 5.13. The smallest absolute Gasteiger partial charge is 0.323 e. The minimum atomic E-state index is -0.540. The number of nitrogens with two attached hydrogens (primary N) is 1. The van der Waals surface area contributed by atoms with Crippen molar-refractivity contribution in [3.63, 3.8) is 0 Å². The van der Waals surface area contributed by atoms with Crippen molar-refractivity contribution in [1.29, 1.82) is 0 Å². The number of benzene rings is 3. The van der Waals surface area contributed by atoms with E-state index in [0.29, 0.717) is 39.2 Å². The number of aromatic nitrogens is 2. The van der Waals surface area contributed by atoms with E-state index in [1.54, 1.807) is 73.7 Å². The van der Waals surface area contributed by atoms with Gasteiger partial charge in [-0.1, -0.05) is 35.9 Å². The summed E-state index contributed by atoms with van der Waals surface area (Å²) in [5.74, 6) is 0.791. The van der Waals surface area contributed by atoms with E-state index >= 15 is 0 Å². The van der Waals surface area contributed by atoms with Crippen LogP contribution >= 0.6 is 11.6 Å². The van der Waals surface area contributed by atoms with E-state index in [2.05, 4.69) is 15.6 Å². The summed E-state index contributed by atoms with van der Waals surface area (Å²) < 4.78 is 6.85. The van der Waals surface area contributed by atoms with E-state index in [1.165, 1.54) is 4.57 Å². The molecule has 1 aromatic heterocycles. The van der Waals surface area contributed by atoms with E-state index in [1.807, 2.05) is 0 Å². The predicted octanol–water partition coefficient (Wildman–Crippen LogP) is 4.07. The van der Waals surface area contributed by atoms with Gasteiger partial charge in [-0.3, -0.25) is 9.36 Å². The molecule has 0 aliphatic heterocycles. The van der Waals surface area contributed by atoms with Crippen LogP contribution in [-0.2, 0) is 0 Å². The Labute approximate surface area is 206 Å². The number of para-hydroxylation sites is 2. The summed E-state index contributed by atoms with van der Waals surface area (Å²) in [6, 6.07) is 17.7. The zero-order valence-corrected chi connectivity index (χ0v) is 19.6. The Balaban J connectivity index is 1.66. The fourth-order valence-electron chi connectivity index (χ4n) is 3.62. The number of halogens is 1. The first kappa shape index (κ1) is 24.2. The second kappa shape index (κ2) is 10.6. The van der Waals surface area contributed by atoms with Gasteiger partial charge in [0.15, 0.2) is 0 Å². The number of nitrogens with zero attached hydrogens (tertiary/aromatic N) is 2. The van der Waals surface area contributed by atoms with Crippen molar-refractivity contribution >= 4 is 39.9 Å². The topological polar surface area (TPSA) is 132 Å². The van der Waals surface area contributed by atoms with Crippen molar-refractivity contribution in [3.05, 3.63) is 87.9 Å². The number of fused-ring (bicyclic) bond motifs is 1. The molecule has 4 aromatic rings. The Morgan fingerprint density at radius 3 is 2.69 bits per heavy atom. The molecule has 0 radical (unpaired) electrons. The SMILES string of the molecule is CC(N)c1nc2cccc(Cl)c2c(=O)n1-c1cccc(NC(=O)Nc2ccccc2OCCO)c1. The second-order valence-corrected chi connectivity index (χ2v) is 8.14. The van der Waals surface area contributed by atoms with Gasteiger partial charge in [-0.15, -0.1) is 0 Å². The highest BCUT2D eigenvalue weighted by Gasteiger charge is 2.18. The Morgan fingerprint density at radius 2 is 1.91 bits per heavy atom. The lowest BCUT2D eigenvalue weighted by molar-refractivity contribution is 0.202. The molecule has 1 unspecified atom stereocenters. The third-order valence-corrected chi connectivity index (χ3v) is 5.44. The quantitative estimate of drug-likeness (QED) is 0.307. The molecule has 4 rings (SSSR count). The minimum absolute atomic E-state index is 0.100. The van der Waals surface area contributed by atoms with Gasteiger partial charge in [0.25, 0.3) is 5.56 Å². The molecule has 0 aliphatic rings. The lowest BCUT2D eigenvalue weighted by Gasteiger charge is -2.17. The summed E-state index contributed by atoms with van der Waals surface area (Å²) in [4.78, 5) is 30.7. The lowest BCUT2D eigenvalue weighted by atomic mass is 10.2. The van der Waals surface area contributed by atoms with Crippen LogP contribution in [0.5, 0.6) is 5.75 Å². The highest BCUT2D eigenvalue weighted by Crippen LogP contribution is 2.25. The Kier molecular flexibility index (Phi) is 7.31. The molecular formula is C25H24ClN5O4. The van der Waals surface area contributed by atoms with Crippen LogP contribution in [0.15, 0.2) is 71.5 Å². The summed E-state index contributed by atoms with van der Waals surface area (Å²) in [6.07, 6.45) is 0. The largest absolute Gasteiger partial charge is 0.489 e. The van der Waals surface area contributed by atoms with Gasteiger partial charge in [-0.25, -0.2) is 9.78 Å². The highest BCUT2D eigenvalue weighted by molar-refractivity contribution is 6.35. The summed E-state index contributed by atoms with van der Waals surface area (Å²) in [5.41, 5.74) is 7.60. The van der Waals surface area contributed by atoms with Crippen molar-refractivity contribution in [2.24, 2.45) is 5.73 Å². The van der Waals surface area contributed by atoms with E-state index in [0.717, 1.165) is 0 Å². The Morgan fingerprint density at radius 1 is 1.14 bits per heavy atom. The van der Waals surface area contributed by atoms with E-state index in [-0.39, 0.29) is 24.2 Å². The van der Waals surface area contributed by atoms with Crippen LogP contribution in [0.25, 0.3) is 16.6 Å². The van der Waals surface area contributed by atoms with Crippen molar-refractivity contribution in [2.45, 2.75) is 13.0 Å². The van der Waals surface area contributed by atoms with Crippen molar-refractivity contribution in [1.82, 2.24) is 9.55 Å². The molecule has 1 heterocycles. The number of hydrogen-bond acceptors (Lipinski definition) is 6. The van der Waals surface area contributed by atoms with Crippen LogP contribution in [0, 0.1) is 0 Å². The summed E-state index contributed by atoms with van der Waals surface area (Å²) in [6.45, 7) is 1.69. The van der Waals surface area contributed by atoms with Gasteiger partial charge in [0.05, 0.1) is 39.9 Å². The normalized spacial score (nSPS) is 11.8. The molecule has 0 fully saturated rings. The summed E-state index contributed by atoms with van der Waals surface area (Å²) in [5, 5.41) is 15.0. The van der Waals surface area contributed by atoms with Crippen molar-refractivity contribution < 1.29 is 14.6 Å². The number of rotatable bonds is 7. The van der Waals surface area contributed by atoms with Gasteiger partial charge in [0, 0.05) is 5.69 Å². The molecule has 9 nitrogen and oxygen atoms in total. The first-order valence-electron chi connectivity index (χ1n) is 10.9.